The summed E-state index contributed by atoms with van der Waals surface area (Å²) in [5.74, 6) is 2.33. The van der Waals surface area contributed by atoms with Crippen molar-refractivity contribution in [2.45, 2.75) is 31.8 Å². The van der Waals surface area contributed by atoms with Crippen LogP contribution in [0.4, 0.5) is 5.82 Å². The van der Waals surface area contributed by atoms with Crippen LogP contribution in [-0.2, 0) is 22.5 Å². The third-order valence-electron chi connectivity index (χ3n) is 8.27. The van der Waals surface area contributed by atoms with Crippen molar-refractivity contribution in [1.82, 2.24) is 34.9 Å². The Kier molecular flexibility index (Phi) is 7.08. The standard InChI is InChI=1S/C31H34N8O2/c40-31(32-20-28-33-25-6-2-3-7-26(25)34-28)19-22-21-39(27-8-4-1-5-24(22)27)30-10-9-29(35-36-30)38-13-11-23(12-14-38)37-15-17-41-18-16-37/h1-10,21,23H,11-20H2,(H,32,40)(H,33,34). The smallest absolute Gasteiger partial charge is 0.224 e. The summed E-state index contributed by atoms with van der Waals surface area (Å²) in [6, 6.07) is 20.7. The number of hydrogen-bond acceptors (Lipinski definition) is 7. The molecule has 7 rings (SSSR count). The predicted molar refractivity (Wildman–Crippen MR) is 158 cm³/mol. The lowest BCUT2D eigenvalue weighted by Gasteiger charge is -2.40. The van der Waals surface area contributed by atoms with Gasteiger partial charge >= 0.3 is 0 Å². The van der Waals surface area contributed by atoms with Crippen molar-refractivity contribution >= 4 is 33.7 Å². The van der Waals surface area contributed by atoms with Gasteiger partial charge in [0.2, 0.25) is 5.91 Å². The number of carbonyl (C=O) groups is 1. The predicted octanol–water partition coefficient (Wildman–Crippen LogP) is 3.46. The summed E-state index contributed by atoms with van der Waals surface area (Å²) in [7, 11) is 0. The quantitative estimate of drug-likeness (QED) is 0.320. The van der Waals surface area contributed by atoms with E-state index in [1.165, 1.54) is 0 Å². The van der Waals surface area contributed by atoms with Gasteiger partial charge in [0, 0.05) is 43.8 Å². The number of morpholine rings is 1. The number of ether oxygens (including phenoxy) is 1. The fourth-order valence-corrected chi connectivity index (χ4v) is 6.11. The molecule has 10 nitrogen and oxygen atoms in total. The molecule has 2 aromatic carbocycles. The molecule has 1 amide bonds. The number of carbonyl (C=O) groups excluding carboxylic acids is 1. The molecule has 0 aliphatic carbocycles. The molecule has 10 heteroatoms. The first-order valence-electron chi connectivity index (χ1n) is 14.4. The minimum absolute atomic E-state index is 0.0599. The zero-order chi connectivity index (χ0) is 27.6. The summed E-state index contributed by atoms with van der Waals surface area (Å²) < 4.78 is 7.54. The molecule has 0 bridgehead atoms. The summed E-state index contributed by atoms with van der Waals surface area (Å²) in [6.07, 6.45) is 4.53. The van der Waals surface area contributed by atoms with Crippen molar-refractivity contribution in [1.29, 1.82) is 0 Å². The number of piperidine rings is 1. The lowest BCUT2D eigenvalue weighted by molar-refractivity contribution is -0.120. The Morgan fingerprint density at radius 1 is 0.927 bits per heavy atom. The number of nitrogens with zero attached hydrogens (tertiary/aromatic N) is 6. The number of hydrogen-bond donors (Lipinski definition) is 2. The Labute approximate surface area is 238 Å². The summed E-state index contributed by atoms with van der Waals surface area (Å²) in [4.78, 5) is 25.6. The van der Waals surface area contributed by atoms with Crippen LogP contribution < -0.4 is 10.2 Å². The third-order valence-corrected chi connectivity index (χ3v) is 8.27. The van der Waals surface area contributed by atoms with Crippen LogP contribution in [-0.4, -0.2) is 81.0 Å². The van der Waals surface area contributed by atoms with Gasteiger partial charge in [-0.2, -0.15) is 0 Å². The Bertz CT molecular complexity index is 1610. The zero-order valence-corrected chi connectivity index (χ0v) is 23.0. The molecular formula is C31H34N8O2. The number of fused-ring (bicyclic) bond motifs is 2. The number of rotatable bonds is 7. The topological polar surface area (TPSA) is 104 Å². The first-order valence-corrected chi connectivity index (χ1v) is 14.4. The van der Waals surface area contributed by atoms with E-state index in [0.717, 1.165) is 97.2 Å². The molecule has 2 aliphatic heterocycles. The van der Waals surface area contributed by atoms with Gasteiger partial charge in [0.05, 0.1) is 42.7 Å². The van der Waals surface area contributed by atoms with Crippen LogP contribution in [0, 0.1) is 0 Å². The fourth-order valence-electron chi connectivity index (χ4n) is 6.11. The molecule has 2 saturated heterocycles. The number of anilines is 1. The molecular weight excluding hydrogens is 516 g/mol. The van der Waals surface area contributed by atoms with E-state index in [-0.39, 0.29) is 12.3 Å². The zero-order valence-electron chi connectivity index (χ0n) is 23.0. The summed E-state index contributed by atoms with van der Waals surface area (Å²) in [5, 5.41) is 13.2. The Hall–Kier alpha value is -4.28. The van der Waals surface area contributed by atoms with Crippen LogP contribution in [0.5, 0.6) is 0 Å². The number of H-pyrrole nitrogens is 1. The maximum absolute atomic E-state index is 12.9. The van der Waals surface area contributed by atoms with Crippen molar-refractivity contribution in [2.75, 3.05) is 44.3 Å². The second-order valence-electron chi connectivity index (χ2n) is 10.8. The third kappa shape index (κ3) is 5.40. The molecule has 210 valence electrons. The molecule has 2 aliphatic rings. The van der Waals surface area contributed by atoms with E-state index in [0.29, 0.717) is 12.6 Å². The second kappa shape index (κ2) is 11.3. The molecule has 5 heterocycles. The highest BCUT2D eigenvalue weighted by Gasteiger charge is 2.26. The van der Waals surface area contributed by atoms with E-state index in [9.17, 15) is 4.79 Å². The number of amides is 1. The molecule has 0 saturated carbocycles. The average Bonchev–Trinajstić information content (AvgIpc) is 3.62. The number of aromatic nitrogens is 5. The van der Waals surface area contributed by atoms with Gasteiger partial charge in [-0.05, 0) is 48.7 Å². The van der Waals surface area contributed by atoms with Crippen LogP contribution in [0.15, 0.2) is 66.9 Å². The monoisotopic (exact) mass is 550 g/mol. The molecule has 5 aromatic rings. The Morgan fingerprint density at radius 3 is 2.49 bits per heavy atom. The van der Waals surface area contributed by atoms with Crippen LogP contribution in [0.2, 0.25) is 0 Å². The summed E-state index contributed by atoms with van der Waals surface area (Å²) >= 11 is 0. The fraction of sp³-hybridized carbons (Fsp3) is 0.355. The van der Waals surface area contributed by atoms with Gasteiger partial charge in [-0.25, -0.2) is 4.98 Å². The molecule has 2 N–H and O–H groups in total. The molecule has 0 atom stereocenters. The number of benzene rings is 2. The van der Waals surface area contributed by atoms with Gasteiger partial charge in [0.15, 0.2) is 11.6 Å². The minimum atomic E-state index is -0.0599. The number of aromatic amines is 1. The van der Waals surface area contributed by atoms with Crippen molar-refractivity contribution in [3.05, 3.63) is 78.2 Å². The van der Waals surface area contributed by atoms with E-state index in [2.05, 4.69) is 47.4 Å². The van der Waals surface area contributed by atoms with Gasteiger partial charge in [-0.3, -0.25) is 14.3 Å². The highest BCUT2D eigenvalue weighted by atomic mass is 16.5. The molecule has 0 spiro atoms. The van der Waals surface area contributed by atoms with Crippen molar-refractivity contribution in [2.24, 2.45) is 0 Å². The van der Waals surface area contributed by atoms with Crippen molar-refractivity contribution in [3.63, 3.8) is 0 Å². The molecule has 0 unspecified atom stereocenters. The molecule has 2 fully saturated rings. The molecule has 41 heavy (non-hydrogen) atoms. The number of imidazole rings is 1. The van der Waals surface area contributed by atoms with Crippen LogP contribution in [0.25, 0.3) is 27.8 Å². The highest BCUT2D eigenvalue weighted by molar-refractivity contribution is 5.90. The van der Waals surface area contributed by atoms with Gasteiger partial charge in [-0.15, -0.1) is 10.2 Å². The molecule has 3 aromatic heterocycles. The number of para-hydroxylation sites is 3. The van der Waals surface area contributed by atoms with Gasteiger partial charge in [0.25, 0.3) is 0 Å². The van der Waals surface area contributed by atoms with E-state index in [1.807, 2.05) is 59.3 Å². The highest BCUT2D eigenvalue weighted by Crippen LogP contribution is 2.26. The SMILES string of the molecule is O=C(Cc1cn(-c2ccc(N3CCC(N4CCOCC4)CC3)nn2)c2ccccc12)NCc1nc2ccccc2[nH]1. The summed E-state index contributed by atoms with van der Waals surface area (Å²) in [5.41, 5.74) is 3.80. The first kappa shape index (κ1) is 25.7. The Morgan fingerprint density at radius 2 is 1.68 bits per heavy atom. The van der Waals surface area contributed by atoms with E-state index < -0.39 is 0 Å². The van der Waals surface area contributed by atoms with Gasteiger partial charge in [0.1, 0.15) is 5.82 Å². The van der Waals surface area contributed by atoms with Crippen LogP contribution >= 0.6 is 0 Å². The van der Waals surface area contributed by atoms with Crippen LogP contribution in [0.1, 0.15) is 24.2 Å². The lowest BCUT2D eigenvalue weighted by Crippen LogP contribution is -2.49. The van der Waals surface area contributed by atoms with Gasteiger partial charge in [-0.1, -0.05) is 30.3 Å². The molecule has 0 radical (unpaired) electrons. The average molecular weight is 551 g/mol. The Balaban J connectivity index is 1.02. The van der Waals surface area contributed by atoms with E-state index in [1.54, 1.807) is 0 Å². The van der Waals surface area contributed by atoms with Crippen molar-refractivity contribution < 1.29 is 9.53 Å². The van der Waals surface area contributed by atoms with Gasteiger partial charge < -0.3 is 19.9 Å². The van der Waals surface area contributed by atoms with Crippen molar-refractivity contribution in [3.8, 4) is 5.82 Å². The van der Waals surface area contributed by atoms with Crippen LogP contribution in [0.3, 0.4) is 0 Å². The minimum Gasteiger partial charge on any atom is -0.379 e. The second-order valence-corrected chi connectivity index (χ2v) is 10.8. The number of nitrogens with one attached hydrogen (secondary N) is 2. The van der Waals surface area contributed by atoms with E-state index >= 15 is 0 Å². The maximum Gasteiger partial charge on any atom is 0.224 e. The first-order chi connectivity index (χ1) is 20.2. The largest absolute Gasteiger partial charge is 0.379 e. The maximum atomic E-state index is 12.9. The normalized spacial score (nSPS) is 16.9. The lowest BCUT2D eigenvalue weighted by atomic mass is 10.0. The summed E-state index contributed by atoms with van der Waals surface area (Å²) in [6.45, 7) is 6.07. The van der Waals surface area contributed by atoms with E-state index in [4.69, 9.17) is 4.74 Å².